The second-order valence-corrected chi connectivity index (χ2v) is 8.62. The molecule has 3 N–H and O–H groups in total. The fraction of sp³-hybridized carbons (Fsp3) is 0.458. The van der Waals surface area contributed by atoms with Gasteiger partial charge in [0.2, 0.25) is 5.95 Å². The van der Waals surface area contributed by atoms with Crippen molar-refractivity contribution in [2.75, 3.05) is 11.9 Å². The number of nitrogens with one attached hydrogen (secondary N) is 2. The second-order valence-electron chi connectivity index (χ2n) is 8.62. The molecule has 0 fully saturated rings. The van der Waals surface area contributed by atoms with Crippen molar-refractivity contribution in [1.82, 2.24) is 25.1 Å². The molecule has 2 unspecified atom stereocenters. The van der Waals surface area contributed by atoms with E-state index < -0.39 is 11.9 Å². The summed E-state index contributed by atoms with van der Waals surface area (Å²) >= 11 is 0. The van der Waals surface area contributed by atoms with E-state index in [4.69, 9.17) is 0 Å². The lowest BCUT2D eigenvalue weighted by Crippen LogP contribution is -2.37. The SMILES string of the molecule is CCCCC(O)C1NCCc2cc(Nc3ncc(F)c(-c4cnn(C(C)C)c4)n3)ccc21. The van der Waals surface area contributed by atoms with Gasteiger partial charge in [-0.25, -0.2) is 14.4 Å². The van der Waals surface area contributed by atoms with Crippen molar-refractivity contribution in [3.05, 3.63) is 53.7 Å². The number of unbranched alkanes of at least 4 members (excludes halogenated alkanes) is 1. The van der Waals surface area contributed by atoms with E-state index in [0.717, 1.165) is 43.5 Å². The topological polar surface area (TPSA) is 87.9 Å². The second kappa shape index (κ2) is 9.75. The smallest absolute Gasteiger partial charge is 0.227 e. The summed E-state index contributed by atoms with van der Waals surface area (Å²) < 4.78 is 16.2. The van der Waals surface area contributed by atoms with Crippen LogP contribution in [0.2, 0.25) is 0 Å². The first-order valence-electron chi connectivity index (χ1n) is 11.3. The molecule has 0 amide bonds. The summed E-state index contributed by atoms with van der Waals surface area (Å²) in [6.45, 7) is 6.98. The van der Waals surface area contributed by atoms with Crippen molar-refractivity contribution >= 4 is 11.6 Å². The van der Waals surface area contributed by atoms with Gasteiger partial charge in [-0.15, -0.1) is 0 Å². The average Bonchev–Trinajstić information content (AvgIpc) is 3.28. The van der Waals surface area contributed by atoms with Crippen molar-refractivity contribution in [3.8, 4) is 11.3 Å². The number of benzene rings is 1. The van der Waals surface area contributed by atoms with Crippen LogP contribution in [-0.4, -0.2) is 37.5 Å². The molecule has 8 heteroatoms. The molecule has 3 heterocycles. The first-order valence-corrected chi connectivity index (χ1v) is 11.3. The fourth-order valence-corrected chi connectivity index (χ4v) is 4.10. The molecule has 1 aliphatic heterocycles. The molecule has 2 aromatic heterocycles. The molecule has 7 nitrogen and oxygen atoms in total. The third-order valence-corrected chi connectivity index (χ3v) is 5.88. The van der Waals surface area contributed by atoms with E-state index >= 15 is 0 Å². The number of halogens is 1. The van der Waals surface area contributed by atoms with Gasteiger partial charge in [0.15, 0.2) is 5.82 Å². The van der Waals surface area contributed by atoms with Gasteiger partial charge in [-0.05, 0) is 56.5 Å². The van der Waals surface area contributed by atoms with E-state index in [-0.39, 0.29) is 17.8 Å². The van der Waals surface area contributed by atoms with E-state index in [0.29, 0.717) is 11.5 Å². The molecular formula is C24H31FN6O. The maximum Gasteiger partial charge on any atom is 0.227 e. The zero-order valence-electron chi connectivity index (χ0n) is 18.8. The summed E-state index contributed by atoms with van der Waals surface area (Å²) in [5, 5.41) is 21.5. The van der Waals surface area contributed by atoms with Crippen LogP contribution in [0.15, 0.2) is 36.8 Å². The molecule has 170 valence electrons. The predicted octanol–water partition coefficient (Wildman–Crippen LogP) is 4.54. The van der Waals surface area contributed by atoms with Crippen LogP contribution in [0.1, 0.15) is 63.2 Å². The lowest BCUT2D eigenvalue weighted by atomic mass is 9.89. The van der Waals surface area contributed by atoms with Gasteiger partial charge in [0.05, 0.1) is 24.5 Å². The number of hydrogen-bond acceptors (Lipinski definition) is 6. The highest BCUT2D eigenvalue weighted by Gasteiger charge is 2.26. The molecule has 0 radical (unpaired) electrons. The average molecular weight is 439 g/mol. The molecule has 4 rings (SSSR count). The van der Waals surface area contributed by atoms with Crippen LogP contribution >= 0.6 is 0 Å². The molecule has 2 atom stereocenters. The molecule has 1 aliphatic rings. The summed E-state index contributed by atoms with van der Waals surface area (Å²) in [7, 11) is 0. The molecule has 0 aliphatic carbocycles. The zero-order valence-corrected chi connectivity index (χ0v) is 18.8. The van der Waals surface area contributed by atoms with Gasteiger partial charge in [0.25, 0.3) is 0 Å². The first-order chi connectivity index (χ1) is 15.5. The monoisotopic (exact) mass is 438 g/mol. The van der Waals surface area contributed by atoms with Gasteiger partial charge >= 0.3 is 0 Å². The number of fused-ring (bicyclic) bond motifs is 1. The molecular weight excluding hydrogens is 407 g/mol. The van der Waals surface area contributed by atoms with Crippen molar-refractivity contribution in [1.29, 1.82) is 0 Å². The van der Waals surface area contributed by atoms with Gasteiger partial charge in [0.1, 0.15) is 5.69 Å². The van der Waals surface area contributed by atoms with E-state index in [2.05, 4.69) is 38.7 Å². The van der Waals surface area contributed by atoms with Crippen molar-refractivity contribution in [2.45, 2.75) is 64.6 Å². The van der Waals surface area contributed by atoms with E-state index in [1.165, 1.54) is 11.8 Å². The maximum absolute atomic E-state index is 14.4. The molecule has 1 aromatic carbocycles. The Bertz CT molecular complexity index is 1070. The summed E-state index contributed by atoms with van der Waals surface area (Å²) in [6.07, 6.45) is 7.92. The first kappa shape index (κ1) is 22.4. The minimum absolute atomic E-state index is 0.0504. The molecule has 0 spiro atoms. The van der Waals surface area contributed by atoms with Gasteiger partial charge in [-0.2, -0.15) is 5.10 Å². The number of aliphatic hydroxyl groups is 1. The number of anilines is 2. The van der Waals surface area contributed by atoms with Gasteiger partial charge < -0.3 is 15.7 Å². The standard InChI is InChI=1S/C24H31FN6O/c1-4-5-6-21(32)23-19-8-7-18(11-16(19)9-10-26-23)29-24-27-13-20(25)22(30-24)17-12-28-31(14-17)15(2)3/h7-8,11-15,21,23,26,32H,4-6,9-10H2,1-3H3,(H,27,29,30). The minimum Gasteiger partial charge on any atom is -0.391 e. The van der Waals surface area contributed by atoms with E-state index in [1.54, 1.807) is 17.1 Å². The largest absolute Gasteiger partial charge is 0.391 e. The van der Waals surface area contributed by atoms with Crippen LogP contribution in [0, 0.1) is 5.82 Å². The van der Waals surface area contributed by atoms with Gasteiger partial charge in [0, 0.05) is 23.5 Å². The molecule has 0 saturated heterocycles. The molecule has 0 bridgehead atoms. The molecule has 0 saturated carbocycles. The van der Waals surface area contributed by atoms with Gasteiger partial charge in [-0.1, -0.05) is 25.8 Å². The Morgan fingerprint density at radius 1 is 1.31 bits per heavy atom. The van der Waals surface area contributed by atoms with Crippen molar-refractivity contribution < 1.29 is 9.50 Å². The summed E-state index contributed by atoms with van der Waals surface area (Å²) in [6, 6.07) is 6.19. The Labute approximate surface area is 188 Å². The Morgan fingerprint density at radius 3 is 2.91 bits per heavy atom. The molecule has 32 heavy (non-hydrogen) atoms. The highest BCUT2D eigenvalue weighted by molar-refractivity contribution is 5.62. The van der Waals surface area contributed by atoms with Crippen LogP contribution in [0.25, 0.3) is 11.3 Å². The summed E-state index contributed by atoms with van der Waals surface area (Å²) in [4.78, 5) is 8.51. The zero-order chi connectivity index (χ0) is 22.7. The Morgan fingerprint density at radius 2 is 2.16 bits per heavy atom. The Kier molecular flexibility index (Phi) is 6.81. The predicted molar refractivity (Wildman–Crippen MR) is 123 cm³/mol. The van der Waals surface area contributed by atoms with E-state index in [1.807, 2.05) is 26.0 Å². The number of aromatic nitrogens is 4. The van der Waals surface area contributed by atoms with Crippen LogP contribution < -0.4 is 10.6 Å². The number of hydrogen-bond donors (Lipinski definition) is 3. The third-order valence-electron chi connectivity index (χ3n) is 5.88. The van der Waals surface area contributed by atoms with Crippen LogP contribution in [0.4, 0.5) is 16.0 Å². The highest BCUT2D eigenvalue weighted by atomic mass is 19.1. The highest BCUT2D eigenvalue weighted by Crippen LogP contribution is 2.30. The lowest BCUT2D eigenvalue weighted by Gasteiger charge is -2.31. The van der Waals surface area contributed by atoms with Gasteiger partial charge in [-0.3, -0.25) is 4.68 Å². The minimum atomic E-state index is -0.487. The summed E-state index contributed by atoms with van der Waals surface area (Å²) in [5.74, 6) is -0.161. The lowest BCUT2D eigenvalue weighted by molar-refractivity contribution is 0.113. The normalized spacial score (nSPS) is 16.8. The third kappa shape index (κ3) is 4.81. The Balaban J connectivity index is 1.55. The molecule has 3 aromatic rings. The van der Waals surface area contributed by atoms with Crippen molar-refractivity contribution in [2.24, 2.45) is 0 Å². The Hall–Kier alpha value is -2.84. The van der Waals surface area contributed by atoms with Crippen LogP contribution in [-0.2, 0) is 6.42 Å². The quantitative estimate of drug-likeness (QED) is 0.479. The van der Waals surface area contributed by atoms with Crippen LogP contribution in [0.5, 0.6) is 0 Å². The van der Waals surface area contributed by atoms with Crippen LogP contribution in [0.3, 0.4) is 0 Å². The number of nitrogens with zero attached hydrogens (tertiary/aromatic N) is 4. The summed E-state index contributed by atoms with van der Waals surface area (Å²) in [5.41, 5.74) is 3.99. The maximum atomic E-state index is 14.4. The van der Waals surface area contributed by atoms with E-state index in [9.17, 15) is 9.50 Å². The fourth-order valence-electron chi connectivity index (χ4n) is 4.10. The number of rotatable bonds is 8. The van der Waals surface area contributed by atoms with Crippen molar-refractivity contribution in [3.63, 3.8) is 0 Å². The number of aliphatic hydroxyl groups excluding tert-OH is 1.